The van der Waals surface area contributed by atoms with E-state index in [0.717, 1.165) is 29.5 Å². The first-order valence-corrected chi connectivity index (χ1v) is 9.09. The Kier molecular flexibility index (Phi) is 5.57. The molecule has 21 heavy (non-hydrogen) atoms. The van der Waals surface area contributed by atoms with Gasteiger partial charge >= 0.3 is 0 Å². The maximum atomic E-state index is 12.4. The summed E-state index contributed by atoms with van der Waals surface area (Å²) in [6.45, 7) is 5.82. The number of rotatable bonds is 5. The summed E-state index contributed by atoms with van der Waals surface area (Å²) in [5, 5.41) is 2.59. The van der Waals surface area contributed by atoms with Crippen LogP contribution < -0.4 is 5.32 Å². The number of aryl methyl sites for hydroxylation is 2. The smallest absolute Gasteiger partial charge is 0.235 e. The van der Waals surface area contributed by atoms with Gasteiger partial charge in [0.15, 0.2) is 0 Å². The molecule has 0 saturated heterocycles. The van der Waals surface area contributed by atoms with Gasteiger partial charge in [-0.3, -0.25) is 9.00 Å². The van der Waals surface area contributed by atoms with E-state index in [2.05, 4.69) is 17.4 Å². The molecule has 1 saturated carbocycles. The van der Waals surface area contributed by atoms with E-state index in [1.54, 1.807) is 6.92 Å². The SMILES string of the molecule is Cc1ccc(C)c(CS(=O)C(C)C(=O)NC2CCCC2)c1. The van der Waals surface area contributed by atoms with Crippen molar-refractivity contribution in [3.05, 3.63) is 34.9 Å². The van der Waals surface area contributed by atoms with Crippen LogP contribution in [0.15, 0.2) is 18.2 Å². The molecule has 0 aromatic heterocycles. The second-order valence-corrected chi connectivity index (χ2v) is 7.84. The zero-order chi connectivity index (χ0) is 15.4. The van der Waals surface area contributed by atoms with Gasteiger partial charge in [-0.25, -0.2) is 0 Å². The van der Waals surface area contributed by atoms with E-state index >= 15 is 0 Å². The zero-order valence-electron chi connectivity index (χ0n) is 13.1. The van der Waals surface area contributed by atoms with Crippen LogP contribution in [-0.4, -0.2) is 21.4 Å². The molecule has 2 atom stereocenters. The lowest BCUT2D eigenvalue weighted by Crippen LogP contribution is -2.41. The molecule has 1 fully saturated rings. The second-order valence-electron chi connectivity index (χ2n) is 6.09. The van der Waals surface area contributed by atoms with Crippen molar-refractivity contribution in [1.82, 2.24) is 5.32 Å². The average molecular weight is 307 g/mol. The minimum absolute atomic E-state index is 0.0643. The highest BCUT2D eigenvalue weighted by molar-refractivity contribution is 7.85. The first kappa shape index (κ1) is 16.2. The van der Waals surface area contributed by atoms with Crippen molar-refractivity contribution in [2.75, 3.05) is 0 Å². The lowest BCUT2D eigenvalue weighted by Gasteiger charge is -2.17. The summed E-state index contributed by atoms with van der Waals surface area (Å²) in [7, 11) is -1.18. The Balaban J connectivity index is 1.95. The topological polar surface area (TPSA) is 46.2 Å². The van der Waals surface area contributed by atoms with Gasteiger partial charge in [-0.2, -0.15) is 0 Å². The van der Waals surface area contributed by atoms with Crippen molar-refractivity contribution in [2.45, 2.75) is 63.5 Å². The fraction of sp³-hybridized carbons (Fsp3) is 0.588. The lowest BCUT2D eigenvalue weighted by atomic mass is 10.1. The molecule has 0 heterocycles. The summed E-state index contributed by atoms with van der Waals surface area (Å²) < 4.78 is 12.4. The highest BCUT2D eigenvalue weighted by Gasteiger charge is 2.24. The van der Waals surface area contributed by atoms with Crippen LogP contribution in [0.1, 0.15) is 49.3 Å². The van der Waals surface area contributed by atoms with E-state index in [0.29, 0.717) is 5.75 Å². The van der Waals surface area contributed by atoms with Gasteiger partial charge in [0.25, 0.3) is 0 Å². The van der Waals surface area contributed by atoms with Crippen LogP contribution in [0.25, 0.3) is 0 Å². The van der Waals surface area contributed by atoms with E-state index in [4.69, 9.17) is 0 Å². The molecule has 0 aliphatic heterocycles. The van der Waals surface area contributed by atoms with Crippen LogP contribution in [0.5, 0.6) is 0 Å². The van der Waals surface area contributed by atoms with Gasteiger partial charge in [-0.05, 0) is 44.7 Å². The summed E-state index contributed by atoms with van der Waals surface area (Å²) in [5.41, 5.74) is 3.38. The molecule has 1 aromatic carbocycles. The van der Waals surface area contributed by atoms with Crippen LogP contribution in [0.4, 0.5) is 0 Å². The molecule has 1 amide bonds. The number of carbonyl (C=O) groups excluding carboxylic acids is 1. The number of nitrogens with one attached hydrogen (secondary N) is 1. The molecular weight excluding hydrogens is 282 g/mol. The largest absolute Gasteiger partial charge is 0.352 e. The average Bonchev–Trinajstić information content (AvgIpc) is 2.94. The minimum Gasteiger partial charge on any atom is -0.352 e. The maximum absolute atomic E-state index is 12.4. The lowest BCUT2D eigenvalue weighted by molar-refractivity contribution is -0.121. The van der Waals surface area contributed by atoms with Crippen molar-refractivity contribution in [2.24, 2.45) is 0 Å². The Hall–Kier alpha value is -1.16. The van der Waals surface area contributed by atoms with E-state index in [1.165, 1.54) is 12.8 Å². The molecule has 116 valence electrons. The highest BCUT2D eigenvalue weighted by Crippen LogP contribution is 2.19. The van der Waals surface area contributed by atoms with Gasteiger partial charge < -0.3 is 5.32 Å². The second kappa shape index (κ2) is 7.21. The number of carbonyl (C=O) groups is 1. The van der Waals surface area contributed by atoms with E-state index < -0.39 is 16.0 Å². The van der Waals surface area contributed by atoms with E-state index in [1.807, 2.05) is 19.9 Å². The summed E-state index contributed by atoms with van der Waals surface area (Å²) in [4.78, 5) is 12.2. The highest BCUT2D eigenvalue weighted by atomic mass is 32.2. The Morgan fingerprint density at radius 2 is 2.00 bits per heavy atom. The fourth-order valence-electron chi connectivity index (χ4n) is 2.74. The van der Waals surface area contributed by atoms with Crippen molar-refractivity contribution >= 4 is 16.7 Å². The standard InChI is InChI=1S/C17H25NO2S/c1-12-8-9-13(2)15(10-12)11-21(20)14(3)17(19)18-16-6-4-5-7-16/h8-10,14,16H,4-7,11H2,1-3H3,(H,18,19). The molecule has 0 radical (unpaired) electrons. The Labute approximate surface area is 130 Å². The van der Waals surface area contributed by atoms with Gasteiger partial charge in [0.05, 0.1) is 0 Å². The van der Waals surface area contributed by atoms with Crippen LogP contribution in [0.3, 0.4) is 0 Å². The fourth-order valence-corrected chi connectivity index (χ4v) is 3.92. The first-order chi connectivity index (χ1) is 9.97. The molecule has 0 bridgehead atoms. The molecule has 3 nitrogen and oxygen atoms in total. The van der Waals surface area contributed by atoms with Gasteiger partial charge in [-0.15, -0.1) is 0 Å². The number of amides is 1. The van der Waals surface area contributed by atoms with Gasteiger partial charge in [0, 0.05) is 22.6 Å². The van der Waals surface area contributed by atoms with Crippen molar-refractivity contribution in [1.29, 1.82) is 0 Å². The zero-order valence-corrected chi connectivity index (χ0v) is 14.0. The van der Waals surface area contributed by atoms with Crippen molar-refractivity contribution in [3.63, 3.8) is 0 Å². The predicted octanol–water partition coefficient (Wildman–Crippen LogP) is 3.00. The van der Waals surface area contributed by atoms with E-state index in [-0.39, 0.29) is 11.9 Å². The molecule has 1 aliphatic rings. The summed E-state index contributed by atoms with van der Waals surface area (Å²) >= 11 is 0. The van der Waals surface area contributed by atoms with Crippen LogP contribution in [0.2, 0.25) is 0 Å². The maximum Gasteiger partial charge on any atom is 0.235 e. The molecule has 2 rings (SSSR count). The third-order valence-corrected chi connectivity index (χ3v) is 5.87. The molecule has 1 N–H and O–H groups in total. The third kappa shape index (κ3) is 4.40. The van der Waals surface area contributed by atoms with Gasteiger partial charge in [-0.1, -0.05) is 36.6 Å². The molecule has 2 unspecified atom stereocenters. The quantitative estimate of drug-likeness (QED) is 0.909. The summed E-state index contributed by atoms with van der Waals surface area (Å²) in [6, 6.07) is 6.45. The van der Waals surface area contributed by atoms with Crippen LogP contribution in [-0.2, 0) is 21.3 Å². The van der Waals surface area contributed by atoms with Gasteiger partial charge in [0.2, 0.25) is 5.91 Å². The summed E-state index contributed by atoms with van der Waals surface area (Å²) in [6.07, 6.45) is 4.49. The molecule has 4 heteroatoms. The van der Waals surface area contributed by atoms with E-state index in [9.17, 15) is 9.00 Å². The monoisotopic (exact) mass is 307 g/mol. The molecule has 0 spiro atoms. The van der Waals surface area contributed by atoms with Crippen LogP contribution >= 0.6 is 0 Å². The van der Waals surface area contributed by atoms with Crippen molar-refractivity contribution < 1.29 is 9.00 Å². The van der Waals surface area contributed by atoms with Crippen LogP contribution in [0, 0.1) is 13.8 Å². The molecule has 1 aliphatic carbocycles. The predicted molar refractivity (Wildman–Crippen MR) is 87.6 cm³/mol. The number of hydrogen-bond donors (Lipinski definition) is 1. The normalized spacial score (nSPS) is 18.4. The van der Waals surface area contributed by atoms with Gasteiger partial charge in [0.1, 0.15) is 5.25 Å². The molecular formula is C17H25NO2S. The first-order valence-electron chi connectivity index (χ1n) is 7.71. The Morgan fingerprint density at radius 1 is 1.33 bits per heavy atom. The summed E-state index contributed by atoms with van der Waals surface area (Å²) in [5.74, 6) is 0.387. The number of benzene rings is 1. The number of hydrogen-bond acceptors (Lipinski definition) is 2. The third-order valence-electron chi connectivity index (χ3n) is 4.27. The Morgan fingerprint density at radius 3 is 2.67 bits per heavy atom. The van der Waals surface area contributed by atoms with Crippen molar-refractivity contribution in [3.8, 4) is 0 Å². The Bertz CT molecular complexity index is 536. The minimum atomic E-state index is -1.18. The molecule has 1 aromatic rings.